The van der Waals surface area contributed by atoms with Crippen molar-refractivity contribution in [3.63, 3.8) is 0 Å². The Balaban J connectivity index is 2.50. The molecule has 0 saturated carbocycles. The van der Waals surface area contributed by atoms with Crippen LogP contribution in [0.25, 0.3) is 11.1 Å². The summed E-state index contributed by atoms with van der Waals surface area (Å²) in [4.78, 5) is 11.5. The first-order valence-electron chi connectivity index (χ1n) is 5.47. The van der Waals surface area contributed by atoms with Crippen LogP contribution in [0.15, 0.2) is 35.3 Å². The van der Waals surface area contributed by atoms with Gasteiger partial charge in [0.05, 0.1) is 6.20 Å². The summed E-state index contributed by atoms with van der Waals surface area (Å²) in [6, 6.07) is 6.92. The van der Waals surface area contributed by atoms with E-state index in [-0.39, 0.29) is 11.3 Å². The van der Waals surface area contributed by atoms with Crippen molar-refractivity contribution in [1.29, 1.82) is 0 Å². The van der Waals surface area contributed by atoms with Crippen LogP contribution in [0.4, 0.5) is 0 Å². The second-order valence-electron chi connectivity index (χ2n) is 3.90. The van der Waals surface area contributed by atoms with Crippen LogP contribution in [-0.4, -0.2) is 14.9 Å². The highest BCUT2D eigenvalue weighted by Crippen LogP contribution is 2.25. The van der Waals surface area contributed by atoms with Gasteiger partial charge in [-0.25, -0.2) is 4.68 Å². The molecule has 1 aromatic heterocycles. The van der Waals surface area contributed by atoms with Crippen molar-refractivity contribution in [2.75, 3.05) is 0 Å². The average molecular weight is 230 g/mol. The van der Waals surface area contributed by atoms with Gasteiger partial charge in [-0.05, 0) is 23.6 Å². The second kappa shape index (κ2) is 4.41. The number of aromatic hydroxyl groups is 1. The quantitative estimate of drug-likeness (QED) is 0.854. The zero-order chi connectivity index (χ0) is 12.4. The first-order chi connectivity index (χ1) is 8.11. The molecule has 0 aliphatic heterocycles. The Labute approximate surface area is 99.2 Å². The van der Waals surface area contributed by atoms with Crippen LogP contribution in [0.2, 0.25) is 0 Å². The van der Waals surface area contributed by atoms with Crippen LogP contribution >= 0.6 is 0 Å². The van der Waals surface area contributed by atoms with Gasteiger partial charge in [0.2, 0.25) is 0 Å². The van der Waals surface area contributed by atoms with Crippen LogP contribution < -0.4 is 5.56 Å². The third kappa shape index (κ3) is 2.20. The van der Waals surface area contributed by atoms with Gasteiger partial charge in [0.25, 0.3) is 5.56 Å². The number of benzene rings is 1. The highest BCUT2D eigenvalue weighted by Gasteiger charge is 2.04. The summed E-state index contributed by atoms with van der Waals surface area (Å²) in [5, 5.41) is 13.7. The van der Waals surface area contributed by atoms with E-state index in [0.717, 1.165) is 17.5 Å². The SMILES string of the molecule is CCc1ccc(-c2cnn(C)c(=O)c2)cc1O. The molecule has 0 aliphatic rings. The van der Waals surface area contributed by atoms with Crippen molar-refractivity contribution >= 4 is 0 Å². The van der Waals surface area contributed by atoms with Crippen LogP contribution in [-0.2, 0) is 13.5 Å². The van der Waals surface area contributed by atoms with Crippen molar-refractivity contribution in [3.8, 4) is 16.9 Å². The zero-order valence-electron chi connectivity index (χ0n) is 9.84. The average Bonchev–Trinajstić information content (AvgIpc) is 2.32. The largest absolute Gasteiger partial charge is 0.508 e. The van der Waals surface area contributed by atoms with Gasteiger partial charge in [-0.15, -0.1) is 0 Å². The van der Waals surface area contributed by atoms with Gasteiger partial charge in [-0.2, -0.15) is 5.10 Å². The Kier molecular flexibility index (Phi) is 2.95. The number of aromatic nitrogens is 2. The van der Waals surface area contributed by atoms with E-state index in [2.05, 4.69) is 5.10 Å². The molecule has 0 spiro atoms. The maximum Gasteiger partial charge on any atom is 0.267 e. The molecule has 0 bridgehead atoms. The van der Waals surface area contributed by atoms with E-state index in [9.17, 15) is 9.90 Å². The Bertz CT molecular complexity index is 603. The van der Waals surface area contributed by atoms with E-state index in [1.54, 1.807) is 19.3 Å². The fourth-order valence-corrected chi connectivity index (χ4v) is 1.67. The van der Waals surface area contributed by atoms with Crippen molar-refractivity contribution in [1.82, 2.24) is 9.78 Å². The van der Waals surface area contributed by atoms with Crippen LogP contribution in [0.5, 0.6) is 5.75 Å². The number of aryl methyl sites for hydroxylation is 2. The minimum Gasteiger partial charge on any atom is -0.508 e. The van der Waals surface area contributed by atoms with Gasteiger partial charge in [0.1, 0.15) is 5.75 Å². The number of rotatable bonds is 2. The third-order valence-electron chi connectivity index (χ3n) is 2.77. The molecular weight excluding hydrogens is 216 g/mol. The van der Waals surface area contributed by atoms with Crippen molar-refractivity contribution in [3.05, 3.63) is 46.4 Å². The Morgan fingerprint density at radius 1 is 1.29 bits per heavy atom. The van der Waals surface area contributed by atoms with Gasteiger partial charge < -0.3 is 5.11 Å². The Morgan fingerprint density at radius 3 is 2.65 bits per heavy atom. The summed E-state index contributed by atoms with van der Waals surface area (Å²) in [5.74, 6) is 0.255. The molecule has 2 aromatic rings. The smallest absolute Gasteiger partial charge is 0.267 e. The lowest BCUT2D eigenvalue weighted by Crippen LogP contribution is -2.17. The van der Waals surface area contributed by atoms with Gasteiger partial charge in [-0.3, -0.25) is 4.79 Å². The Morgan fingerprint density at radius 2 is 2.06 bits per heavy atom. The summed E-state index contributed by atoms with van der Waals surface area (Å²) < 4.78 is 1.27. The Hall–Kier alpha value is -2.10. The summed E-state index contributed by atoms with van der Waals surface area (Å²) in [7, 11) is 1.60. The standard InChI is InChI=1S/C13H14N2O2/c1-3-9-4-5-10(6-12(9)16)11-7-13(17)15(2)14-8-11/h4-8,16H,3H2,1-2H3. The monoisotopic (exact) mass is 230 g/mol. The molecule has 1 aromatic carbocycles. The topological polar surface area (TPSA) is 55.1 Å². The summed E-state index contributed by atoms with van der Waals surface area (Å²) in [5.41, 5.74) is 2.24. The van der Waals surface area contributed by atoms with E-state index in [0.29, 0.717) is 5.56 Å². The highest BCUT2D eigenvalue weighted by atomic mass is 16.3. The number of hydrogen-bond donors (Lipinski definition) is 1. The van der Waals surface area contributed by atoms with Crippen LogP contribution in [0.3, 0.4) is 0 Å². The van der Waals surface area contributed by atoms with Crippen molar-refractivity contribution < 1.29 is 5.11 Å². The molecule has 0 radical (unpaired) electrons. The number of phenols is 1. The highest BCUT2D eigenvalue weighted by molar-refractivity contribution is 5.64. The van der Waals surface area contributed by atoms with Gasteiger partial charge in [0.15, 0.2) is 0 Å². The number of hydrogen-bond acceptors (Lipinski definition) is 3. The van der Waals surface area contributed by atoms with Gasteiger partial charge >= 0.3 is 0 Å². The molecule has 17 heavy (non-hydrogen) atoms. The van der Waals surface area contributed by atoms with E-state index in [4.69, 9.17) is 0 Å². The predicted octanol–water partition coefficient (Wildman–Crippen LogP) is 1.72. The zero-order valence-corrected chi connectivity index (χ0v) is 9.84. The predicted molar refractivity (Wildman–Crippen MR) is 66.0 cm³/mol. The molecule has 0 amide bonds. The van der Waals surface area contributed by atoms with Crippen LogP contribution in [0, 0.1) is 0 Å². The lowest BCUT2D eigenvalue weighted by Gasteiger charge is -2.06. The third-order valence-corrected chi connectivity index (χ3v) is 2.77. The summed E-state index contributed by atoms with van der Waals surface area (Å²) in [6.45, 7) is 1.98. The first-order valence-corrected chi connectivity index (χ1v) is 5.47. The van der Waals surface area contributed by atoms with E-state index in [1.807, 2.05) is 19.1 Å². The second-order valence-corrected chi connectivity index (χ2v) is 3.90. The fraction of sp³-hybridized carbons (Fsp3) is 0.231. The molecular formula is C13H14N2O2. The molecule has 4 nitrogen and oxygen atoms in total. The number of phenolic OH excluding ortho intramolecular Hbond substituents is 1. The normalized spacial score (nSPS) is 10.5. The number of nitrogens with zero attached hydrogens (tertiary/aromatic N) is 2. The lowest BCUT2D eigenvalue weighted by atomic mass is 10.0. The molecule has 0 saturated heterocycles. The van der Waals surface area contributed by atoms with Crippen molar-refractivity contribution in [2.24, 2.45) is 7.05 Å². The maximum atomic E-state index is 11.5. The fourth-order valence-electron chi connectivity index (χ4n) is 1.67. The summed E-state index contributed by atoms with van der Waals surface area (Å²) in [6.07, 6.45) is 2.39. The maximum absolute atomic E-state index is 11.5. The summed E-state index contributed by atoms with van der Waals surface area (Å²) >= 11 is 0. The van der Waals surface area contributed by atoms with E-state index < -0.39 is 0 Å². The van der Waals surface area contributed by atoms with Crippen LogP contribution in [0.1, 0.15) is 12.5 Å². The van der Waals surface area contributed by atoms with Gasteiger partial charge in [0, 0.05) is 18.7 Å². The van der Waals surface area contributed by atoms with E-state index >= 15 is 0 Å². The molecule has 4 heteroatoms. The van der Waals surface area contributed by atoms with E-state index in [1.165, 1.54) is 10.7 Å². The van der Waals surface area contributed by atoms with Crippen molar-refractivity contribution in [2.45, 2.75) is 13.3 Å². The molecule has 2 rings (SSSR count). The lowest BCUT2D eigenvalue weighted by molar-refractivity contribution is 0.469. The molecule has 0 aliphatic carbocycles. The minimum absolute atomic E-state index is 0.165. The molecule has 1 N–H and O–H groups in total. The van der Waals surface area contributed by atoms with Gasteiger partial charge in [-0.1, -0.05) is 19.1 Å². The first kappa shape index (κ1) is 11.4. The molecule has 0 fully saturated rings. The molecule has 1 heterocycles. The minimum atomic E-state index is -0.165. The molecule has 0 unspecified atom stereocenters. The molecule has 88 valence electrons. The molecule has 0 atom stereocenters.